The van der Waals surface area contributed by atoms with E-state index >= 15 is 0 Å². The number of nitrogens with one attached hydrogen (secondary N) is 2. The van der Waals surface area contributed by atoms with Gasteiger partial charge in [0.05, 0.1) is 30.2 Å². The third kappa shape index (κ3) is 7.70. The van der Waals surface area contributed by atoms with Crippen molar-refractivity contribution in [3.8, 4) is 11.6 Å². The highest BCUT2D eigenvalue weighted by Crippen LogP contribution is 2.27. The average molecular weight is 522 g/mol. The molecule has 4 aromatic rings. The molecule has 0 atom stereocenters. The number of H-pyrrole nitrogens is 1. The van der Waals surface area contributed by atoms with Crippen LogP contribution in [0.15, 0.2) is 36.7 Å². The Balaban J connectivity index is 0.000000388. The van der Waals surface area contributed by atoms with E-state index in [0.29, 0.717) is 39.1 Å². The number of hydrogen-bond donors (Lipinski definition) is 2. The van der Waals surface area contributed by atoms with Crippen molar-refractivity contribution in [3.63, 3.8) is 0 Å². The highest BCUT2D eigenvalue weighted by molar-refractivity contribution is 6.31. The number of aromatic nitrogens is 4. The molecule has 0 aliphatic carbocycles. The van der Waals surface area contributed by atoms with Crippen molar-refractivity contribution in [2.24, 2.45) is 0 Å². The number of halogens is 3. The van der Waals surface area contributed by atoms with Crippen LogP contribution in [0.3, 0.4) is 0 Å². The fourth-order valence-corrected chi connectivity index (χ4v) is 3.10. The number of aryl methyl sites for hydroxylation is 2. The summed E-state index contributed by atoms with van der Waals surface area (Å²) < 4.78 is 37.1. The van der Waals surface area contributed by atoms with Gasteiger partial charge in [-0.15, -0.1) is 0 Å². The van der Waals surface area contributed by atoms with Crippen LogP contribution in [0.5, 0.6) is 11.6 Å². The molecule has 3 heterocycles. The lowest BCUT2D eigenvalue weighted by Crippen LogP contribution is -2.03. The molecule has 0 aliphatic rings. The third-order valence-electron chi connectivity index (χ3n) is 4.60. The third-order valence-corrected chi connectivity index (χ3v) is 4.96. The van der Waals surface area contributed by atoms with Gasteiger partial charge in [0.25, 0.3) is 0 Å². The minimum atomic E-state index is -0.413. The zero-order valence-corrected chi connectivity index (χ0v) is 20.9. The minimum absolute atomic E-state index is 0.0181. The summed E-state index contributed by atoms with van der Waals surface area (Å²) in [6.45, 7) is 7.66. The smallest absolute Gasteiger partial charge is 0.216 e. The molecule has 0 aliphatic heterocycles. The van der Waals surface area contributed by atoms with Gasteiger partial charge in [0.15, 0.2) is 11.5 Å². The van der Waals surface area contributed by atoms with E-state index in [0.717, 1.165) is 17.3 Å². The molecule has 0 unspecified atom stereocenters. The lowest BCUT2D eigenvalue weighted by molar-refractivity contribution is -0.0987. The van der Waals surface area contributed by atoms with Gasteiger partial charge >= 0.3 is 0 Å². The number of fused-ring (bicyclic) bond motifs is 1. The minimum Gasteiger partial charge on any atom is -0.487 e. The van der Waals surface area contributed by atoms with Crippen LogP contribution in [0.4, 0.5) is 14.5 Å². The Hall–Kier alpha value is -4.12. The number of nitrogens with zero attached hydrogens (tertiary/aromatic N) is 3. The Morgan fingerprint density at radius 1 is 1.08 bits per heavy atom. The van der Waals surface area contributed by atoms with Crippen LogP contribution in [0.25, 0.3) is 11.0 Å². The Morgan fingerprint density at radius 3 is 2.39 bits per heavy atom. The SMILES string of the molecule is C=O.C=O.CNc1ccc(Cl)c(COc2cnc3n[nH]c(C)c3c2)c1F.COc1ncc(F)cc1C. The summed E-state index contributed by atoms with van der Waals surface area (Å²) in [6.07, 6.45) is 2.68. The first kappa shape index (κ1) is 29.9. The number of pyridine rings is 2. The summed E-state index contributed by atoms with van der Waals surface area (Å²) in [6, 6.07) is 6.42. The van der Waals surface area contributed by atoms with Crippen LogP contribution < -0.4 is 14.8 Å². The van der Waals surface area contributed by atoms with Crippen molar-refractivity contribution in [2.45, 2.75) is 20.5 Å². The number of carbonyl (C=O) groups is 2. The second-order valence-corrected chi connectivity index (χ2v) is 7.20. The molecule has 36 heavy (non-hydrogen) atoms. The highest BCUT2D eigenvalue weighted by Gasteiger charge is 2.13. The fraction of sp³-hybridized carbons (Fsp3) is 0.208. The molecule has 0 fully saturated rings. The van der Waals surface area contributed by atoms with Crippen molar-refractivity contribution in [1.29, 1.82) is 0 Å². The maximum Gasteiger partial charge on any atom is 0.216 e. The molecular weight excluding hydrogens is 496 g/mol. The molecule has 2 N–H and O–H groups in total. The van der Waals surface area contributed by atoms with Crippen LogP contribution in [-0.2, 0) is 16.2 Å². The van der Waals surface area contributed by atoms with Gasteiger partial charge in [-0.25, -0.2) is 18.7 Å². The van der Waals surface area contributed by atoms with E-state index in [1.165, 1.54) is 13.2 Å². The van der Waals surface area contributed by atoms with Gasteiger partial charge in [-0.1, -0.05) is 11.6 Å². The molecule has 0 bridgehead atoms. The van der Waals surface area contributed by atoms with E-state index < -0.39 is 5.82 Å². The topological polar surface area (TPSA) is 119 Å². The number of anilines is 1. The van der Waals surface area contributed by atoms with Gasteiger partial charge in [-0.05, 0) is 38.1 Å². The second kappa shape index (κ2) is 15.0. The molecule has 3 aromatic heterocycles. The van der Waals surface area contributed by atoms with E-state index in [1.807, 2.05) is 26.6 Å². The van der Waals surface area contributed by atoms with E-state index in [2.05, 4.69) is 25.5 Å². The summed E-state index contributed by atoms with van der Waals surface area (Å²) >= 11 is 6.05. The van der Waals surface area contributed by atoms with Crippen LogP contribution in [0, 0.1) is 25.5 Å². The fourth-order valence-electron chi connectivity index (χ4n) is 2.90. The molecule has 0 saturated carbocycles. The van der Waals surface area contributed by atoms with Crippen molar-refractivity contribution in [3.05, 3.63) is 70.1 Å². The van der Waals surface area contributed by atoms with E-state index in [1.54, 1.807) is 32.3 Å². The maximum atomic E-state index is 14.2. The number of rotatable bonds is 5. The molecule has 0 spiro atoms. The van der Waals surface area contributed by atoms with E-state index in [-0.39, 0.29) is 12.4 Å². The number of ether oxygens (including phenoxy) is 2. The Bertz CT molecular complexity index is 1270. The Labute approximate surface area is 211 Å². The summed E-state index contributed by atoms with van der Waals surface area (Å²) in [4.78, 5) is 23.9. The predicted molar refractivity (Wildman–Crippen MR) is 134 cm³/mol. The highest BCUT2D eigenvalue weighted by atomic mass is 35.5. The zero-order valence-electron chi connectivity index (χ0n) is 20.2. The van der Waals surface area contributed by atoms with Crippen molar-refractivity contribution in [1.82, 2.24) is 20.2 Å². The molecule has 192 valence electrons. The molecule has 0 radical (unpaired) electrons. The van der Waals surface area contributed by atoms with E-state index in [9.17, 15) is 8.78 Å². The molecule has 0 amide bonds. The first-order chi connectivity index (χ1) is 17.3. The first-order valence-corrected chi connectivity index (χ1v) is 10.5. The van der Waals surface area contributed by atoms with Gasteiger partial charge in [-0.3, -0.25) is 5.10 Å². The standard InChI is InChI=1S/C15H14ClFN4O.C7H8FNO.2CH2O/c1-8-10-5-9(6-19-15(10)21-20-8)22-7-11-12(16)3-4-13(18-2)14(11)17;1-5-3-6(8)4-9-7(5)10-2;2*1-2/h3-6,18H,7H2,1-2H3,(H,19,20,21);3-4H,1-2H3;2*1H2. The van der Waals surface area contributed by atoms with Crippen molar-refractivity contribution >= 4 is 41.9 Å². The van der Waals surface area contributed by atoms with Crippen LogP contribution in [0.2, 0.25) is 5.02 Å². The molecule has 1 aromatic carbocycles. The van der Waals surface area contributed by atoms with Crippen molar-refractivity contribution in [2.75, 3.05) is 19.5 Å². The normalized spacial score (nSPS) is 9.53. The summed E-state index contributed by atoms with van der Waals surface area (Å²) in [7, 11) is 3.16. The maximum absolute atomic E-state index is 14.2. The zero-order chi connectivity index (χ0) is 27.3. The van der Waals surface area contributed by atoms with E-state index in [4.69, 9.17) is 30.7 Å². The number of carbonyl (C=O) groups excluding carboxylic acids is 2. The lowest BCUT2D eigenvalue weighted by atomic mass is 10.2. The first-order valence-electron chi connectivity index (χ1n) is 10.2. The quantitative estimate of drug-likeness (QED) is 0.382. The van der Waals surface area contributed by atoms with Crippen molar-refractivity contribution < 1.29 is 27.8 Å². The molecule has 4 rings (SSSR count). The molecule has 0 saturated heterocycles. The summed E-state index contributed by atoms with van der Waals surface area (Å²) in [5.74, 6) is 0.255. The Morgan fingerprint density at radius 2 is 1.78 bits per heavy atom. The molecule has 9 nitrogen and oxygen atoms in total. The van der Waals surface area contributed by atoms with Crippen LogP contribution >= 0.6 is 11.6 Å². The largest absolute Gasteiger partial charge is 0.487 e. The Kier molecular flexibility index (Phi) is 12.5. The molecule has 12 heteroatoms. The van der Waals surface area contributed by atoms with Gasteiger partial charge in [0.1, 0.15) is 31.8 Å². The summed E-state index contributed by atoms with van der Waals surface area (Å²) in [5.41, 5.74) is 2.91. The number of aromatic amines is 1. The number of methoxy groups -OCH3 is 1. The van der Waals surface area contributed by atoms with Crippen LogP contribution in [-0.4, -0.2) is 47.9 Å². The number of hydrogen-bond acceptors (Lipinski definition) is 8. The molecular formula is C24H26ClF2N5O4. The van der Waals surface area contributed by atoms with Gasteiger partial charge < -0.3 is 24.4 Å². The van der Waals surface area contributed by atoms with Gasteiger partial charge in [-0.2, -0.15) is 5.10 Å². The predicted octanol–water partition coefficient (Wildman–Crippen LogP) is 4.85. The van der Waals surface area contributed by atoms with Crippen LogP contribution in [0.1, 0.15) is 16.8 Å². The average Bonchev–Trinajstić information content (AvgIpc) is 3.27. The monoisotopic (exact) mass is 521 g/mol. The lowest BCUT2D eigenvalue weighted by Gasteiger charge is -2.11. The second-order valence-electron chi connectivity index (χ2n) is 6.80. The van der Waals surface area contributed by atoms with Gasteiger partial charge in [0.2, 0.25) is 5.88 Å². The summed E-state index contributed by atoms with van der Waals surface area (Å²) in [5, 5.41) is 10.9. The van der Waals surface area contributed by atoms with Gasteiger partial charge in [0, 0.05) is 29.3 Å². The number of benzene rings is 1.